The molecule has 1 N–H and O–H groups in total. The third-order valence-electron chi connectivity index (χ3n) is 3.96. The van der Waals surface area contributed by atoms with E-state index in [-0.39, 0.29) is 0 Å². The summed E-state index contributed by atoms with van der Waals surface area (Å²) in [6, 6.07) is 2.17. The first-order valence-electron chi connectivity index (χ1n) is 6.42. The van der Waals surface area contributed by atoms with Gasteiger partial charge in [0.25, 0.3) is 0 Å². The summed E-state index contributed by atoms with van der Waals surface area (Å²) in [5, 5.41) is 9.22. The Bertz CT molecular complexity index is 463. The highest BCUT2D eigenvalue weighted by molar-refractivity contribution is 5.94. The zero-order valence-electron chi connectivity index (χ0n) is 10.2. The van der Waals surface area contributed by atoms with E-state index in [9.17, 15) is 9.90 Å². The number of piperazine rings is 1. The molecule has 5 heteroatoms. The Hall–Kier alpha value is -1.62. The zero-order chi connectivity index (χ0) is 12.5. The molecule has 2 aliphatic rings. The molecular weight excluding hydrogens is 230 g/mol. The molecular formula is C13H17N3O2. The molecule has 0 aromatic carbocycles. The lowest BCUT2D eigenvalue weighted by Crippen LogP contribution is -2.50. The fourth-order valence-electron chi connectivity index (χ4n) is 3.03. The van der Waals surface area contributed by atoms with Crippen LogP contribution in [0.15, 0.2) is 18.5 Å². The summed E-state index contributed by atoms with van der Waals surface area (Å²) in [6.45, 7) is 4.03. The highest BCUT2D eigenvalue weighted by Crippen LogP contribution is 2.27. The summed E-state index contributed by atoms with van der Waals surface area (Å²) in [6.07, 6.45) is 5.70. The van der Waals surface area contributed by atoms with Gasteiger partial charge in [-0.15, -0.1) is 0 Å². The number of fused-ring (bicyclic) bond motifs is 1. The van der Waals surface area contributed by atoms with Crippen molar-refractivity contribution in [1.29, 1.82) is 0 Å². The Balaban J connectivity index is 1.85. The third-order valence-corrected chi connectivity index (χ3v) is 3.96. The van der Waals surface area contributed by atoms with Crippen molar-refractivity contribution < 1.29 is 9.90 Å². The van der Waals surface area contributed by atoms with Gasteiger partial charge in [0.15, 0.2) is 0 Å². The maximum atomic E-state index is 11.2. The van der Waals surface area contributed by atoms with Crippen molar-refractivity contribution in [2.45, 2.75) is 18.9 Å². The van der Waals surface area contributed by atoms with Crippen molar-refractivity contribution >= 4 is 11.7 Å². The van der Waals surface area contributed by atoms with Gasteiger partial charge in [-0.05, 0) is 25.5 Å². The number of carboxylic acid groups (broad SMARTS) is 1. The molecule has 0 spiro atoms. The van der Waals surface area contributed by atoms with Crippen LogP contribution in [0.3, 0.4) is 0 Å². The molecule has 18 heavy (non-hydrogen) atoms. The van der Waals surface area contributed by atoms with Gasteiger partial charge in [-0.3, -0.25) is 9.88 Å². The number of hydrogen-bond donors (Lipinski definition) is 1. The van der Waals surface area contributed by atoms with Crippen molar-refractivity contribution in [2.24, 2.45) is 0 Å². The molecule has 1 atom stereocenters. The average molecular weight is 247 g/mol. The Labute approximate surface area is 106 Å². The second kappa shape index (κ2) is 4.57. The maximum Gasteiger partial charge on any atom is 0.337 e. The molecule has 0 saturated carbocycles. The topological polar surface area (TPSA) is 56.7 Å². The first-order chi connectivity index (χ1) is 8.75. The quantitative estimate of drug-likeness (QED) is 0.847. The normalized spacial score (nSPS) is 24.0. The van der Waals surface area contributed by atoms with Crippen LogP contribution in [-0.2, 0) is 0 Å². The van der Waals surface area contributed by atoms with Gasteiger partial charge in [0, 0.05) is 31.9 Å². The number of anilines is 1. The first-order valence-corrected chi connectivity index (χ1v) is 6.42. The first kappa shape index (κ1) is 11.5. The van der Waals surface area contributed by atoms with Crippen molar-refractivity contribution in [1.82, 2.24) is 9.88 Å². The number of carboxylic acids is 1. The SMILES string of the molecule is O=C(O)c1ccncc1N1CCN2CCCC2C1. The fourth-order valence-corrected chi connectivity index (χ4v) is 3.03. The summed E-state index contributed by atoms with van der Waals surface area (Å²) >= 11 is 0. The highest BCUT2D eigenvalue weighted by atomic mass is 16.4. The van der Waals surface area contributed by atoms with Crippen LogP contribution in [0.5, 0.6) is 0 Å². The van der Waals surface area contributed by atoms with Crippen LogP contribution in [0, 0.1) is 0 Å². The molecule has 1 unspecified atom stereocenters. The van der Waals surface area contributed by atoms with Crippen LogP contribution in [0.1, 0.15) is 23.2 Å². The average Bonchev–Trinajstić information content (AvgIpc) is 2.85. The largest absolute Gasteiger partial charge is 0.478 e. The van der Waals surface area contributed by atoms with Crippen LogP contribution in [0.25, 0.3) is 0 Å². The molecule has 0 radical (unpaired) electrons. The lowest BCUT2D eigenvalue weighted by atomic mass is 10.1. The molecule has 3 rings (SSSR count). The summed E-state index contributed by atoms with van der Waals surface area (Å²) in [5.41, 5.74) is 1.12. The molecule has 3 heterocycles. The maximum absolute atomic E-state index is 11.2. The highest BCUT2D eigenvalue weighted by Gasteiger charge is 2.31. The van der Waals surface area contributed by atoms with E-state index in [0.717, 1.165) is 25.3 Å². The van der Waals surface area contributed by atoms with E-state index in [4.69, 9.17) is 0 Å². The van der Waals surface area contributed by atoms with Gasteiger partial charge in [-0.2, -0.15) is 0 Å². The standard InChI is InChI=1S/C13H17N3O2/c17-13(18)11-3-4-14-8-12(11)16-7-6-15-5-1-2-10(15)9-16/h3-4,8,10H,1-2,5-7,9H2,(H,17,18). The van der Waals surface area contributed by atoms with Crippen molar-refractivity contribution in [3.05, 3.63) is 24.0 Å². The number of aromatic nitrogens is 1. The Morgan fingerprint density at radius 3 is 3.11 bits per heavy atom. The second-order valence-electron chi connectivity index (χ2n) is 4.98. The summed E-state index contributed by atoms with van der Waals surface area (Å²) < 4.78 is 0. The van der Waals surface area contributed by atoms with Gasteiger partial charge >= 0.3 is 5.97 Å². The van der Waals surface area contributed by atoms with E-state index < -0.39 is 5.97 Å². The molecule has 2 saturated heterocycles. The van der Waals surface area contributed by atoms with E-state index in [1.807, 2.05) is 0 Å². The molecule has 5 nitrogen and oxygen atoms in total. The number of pyridine rings is 1. The molecule has 1 aromatic heterocycles. The predicted octanol–water partition coefficient (Wildman–Crippen LogP) is 1.06. The van der Waals surface area contributed by atoms with Crippen LogP contribution in [0.2, 0.25) is 0 Å². The molecule has 1 aromatic rings. The number of nitrogens with zero attached hydrogens (tertiary/aromatic N) is 3. The van der Waals surface area contributed by atoms with E-state index in [1.54, 1.807) is 18.5 Å². The van der Waals surface area contributed by atoms with Gasteiger partial charge in [0.2, 0.25) is 0 Å². The molecule has 2 aliphatic heterocycles. The lowest BCUT2D eigenvalue weighted by Gasteiger charge is -2.39. The minimum atomic E-state index is -0.874. The van der Waals surface area contributed by atoms with Crippen LogP contribution in [0.4, 0.5) is 5.69 Å². The van der Waals surface area contributed by atoms with Crippen LogP contribution in [-0.4, -0.2) is 53.2 Å². The smallest absolute Gasteiger partial charge is 0.337 e. The zero-order valence-corrected chi connectivity index (χ0v) is 10.2. The summed E-state index contributed by atoms with van der Waals surface area (Å²) in [4.78, 5) is 20.0. The van der Waals surface area contributed by atoms with E-state index in [0.29, 0.717) is 11.6 Å². The Morgan fingerprint density at radius 2 is 2.28 bits per heavy atom. The van der Waals surface area contributed by atoms with E-state index >= 15 is 0 Å². The third kappa shape index (κ3) is 1.95. The van der Waals surface area contributed by atoms with Crippen molar-refractivity contribution in [3.63, 3.8) is 0 Å². The van der Waals surface area contributed by atoms with Crippen LogP contribution >= 0.6 is 0 Å². The van der Waals surface area contributed by atoms with Gasteiger partial charge in [-0.1, -0.05) is 0 Å². The monoisotopic (exact) mass is 247 g/mol. The Morgan fingerprint density at radius 1 is 1.39 bits per heavy atom. The lowest BCUT2D eigenvalue weighted by molar-refractivity contribution is 0.0697. The Kier molecular flexibility index (Phi) is 2.91. The second-order valence-corrected chi connectivity index (χ2v) is 4.98. The minimum absolute atomic E-state index is 0.358. The number of carbonyl (C=O) groups is 1. The molecule has 2 fully saturated rings. The molecule has 0 aliphatic carbocycles. The van der Waals surface area contributed by atoms with Crippen LogP contribution < -0.4 is 4.90 Å². The molecule has 96 valence electrons. The number of rotatable bonds is 2. The summed E-state index contributed by atoms with van der Waals surface area (Å²) in [5.74, 6) is -0.874. The van der Waals surface area contributed by atoms with Gasteiger partial charge in [0.05, 0.1) is 17.4 Å². The van der Waals surface area contributed by atoms with E-state index in [1.165, 1.54) is 19.4 Å². The molecule has 0 bridgehead atoms. The van der Waals surface area contributed by atoms with Crippen molar-refractivity contribution in [3.8, 4) is 0 Å². The number of aromatic carboxylic acids is 1. The van der Waals surface area contributed by atoms with Gasteiger partial charge in [0.1, 0.15) is 0 Å². The fraction of sp³-hybridized carbons (Fsp3) is 0.538. The van der Waals surface area contributed by atoms with E-state index in [2.05, 4.69) is 14.8 Å². The summed E-state index contributed by atoms with van der Waals surface area (Å²) in [7, 11) is 0. The molecule has 0 amide bonds. The van der Waals surface area contributed by atoms with Gasteiger partial charge in [-0.25, -0.2) is 4.79 Å². The predicted molar refractivity (Wildman–Crippen MR) is 68.0 cm³/mol. The van der Waals surface area contributed by atoms with Crippen molar-refractivity contribution in [2.75, 3.05) is 31.1 Å². The minimum Gasteiger partial charge on any atom is -0.478 e. The van der Waals surface area contributed by atoms with Gasteiger partial charge < -0.3 is 10.0 Å². The number of hydrogen-bond acceptors (Lipinski definition) is 4.